The van der Waals surface area contributed by atoms with Gasteiger partial charge in [-0.1, -0.05) is 61.0 Å². The number of piperidine rings is 1. The van der Waals surface area contributed by atoms with E-state index in [4.69, 9.17) is 0 Å². The number of hydrogen-bond donors (Lipinski definition) is 3. The van der Waals surface area contributed by atoms with Crippen LogP contribution in [0, 0.1) is 0 Å². The van der Waals surface area contributed by atoms with Crippen LogP contribution in [0.1, 0.15) is 24.8 Å². The van der Waals surface area contributed by atoms with Gasteiger partial charge in [0.25, 0.3) is 0 Å². The zero-order valence-corrected chi connectivity index (χ0v) is 16.4. The van der Waals surface area contributed by atoms with Crippen LogP contribution in [0.5, 0.6) is 0 Å². The Bertz CT molecular complexity index is 1110. The highest BCUT2D eigenvalue weighted by Gasteiger charge is 2.15. The molecular weight excluding hydrogens is 360 g/mol. The molecule has 4 nitrogen and oxygen atoms in total. The van der Waals surface area contributed by atoms with E-state index in [-0.39, 0.29) is 6.42 Å². The lowest BCUT2D eigenvalue weighted by Crippen LogP contribution is -2.21. The molecule has 29 heavy (non-hydrogen) atoms. The average Bonchev–Trinajstić information content (AvgIpc) is 3.13. The van der Waals surface area contributed by atoms with Crippen LogP contribution in [0.4, 0.5) is 0 Å². The Balaban J connectivity index is 0.000000294. The number of H-pyrrole nitrogens is 1. The minimum absolute atomic E-state index is 0.00612. The van der Waals surface area contributed by atoms with Gasteiger partial charge in [-0.3, -0.25) is 4.79 Å². The molecule has 1 saturated heterocycles. The largest absolute Gasteiger partial charge is 0.481 e. The number of rotatable bonds is 3. The van der Waals surface area contributed by atoms with E-state index < -0.39 is 5.97 Å². The van der Waals surface area contributed by atoms with Gasteiger partial charge < -0.3 is 15.4 Å². The molecule has 0 atom stereocenters. The summed E-state index contributed by atoms with van der Waals surface area (Å²) in [6.07, 6.45) is 4.22. The summed E-state index contributed by atoms with van der Waals surface area (Å²) in [4.78, 5) is 14.7. The maximum absolute atomic E-state index is 11.3. The molecule has 3 N–H and O–H groups in total. The third-order valence-corrected chi connectivity index (χ3v) is 5.39. The number of aromatic nitrogens is 1. The molecule has 1 aliphatic heterocycles. The number of nitrogens with one attached hydrogen (secondary N) is 2. The topological polar surface area (TPSA) is 65.1 Å². The molecule has 0 saturated carbocycles. The Labute approximate surface area is 170 Å². The average molecular weight is 386 g/mol. The number of hydrogen-bond acceptors (Lipinski definition) is 2. The van der Waals surface area contributed by atoms with Crippen molar-refractivity contribution in [3.05, 3.63) is 72.3 Å². The maximum Gasteiger partial charge on any atom is 0.307 e. The first-order valence-electron chi connectivity index (χ1n) is 10.2. The predicted octanol–water partition coefficient (Wildman–Crippen LogP) is 5.38. The van der Waals surface area contributed by atoms with E-state index in [0.29, 0.717) is 0 Å². The van der Waals surface area contributed by atoms with Gasteiger partial charge in [-0.25, -0.2) is 0 Å². The van der Waals surface area contributed by atoms with E-state index in [1.54, 1.807) is 0 Å². The predicted molar refractivity (Wildman–Crippen MR) is 119 cm³/mol. The Hall–Kier alpha value is -3.11. The lowest BCUT2D eigenvalue weighted by molar-refractivity contribution is -0.136. The molecule has 0 aliphatic carbocycles. The number of carbonyl (C=O) groups is 1. The van der Waals surface area contributed by atoms with Crippen molar-refractivity contribution < 1.29 is 9.90 Å². The fourth-order valence-electron chi connectivity index (χ4n) is 3.93. The first-order valence-corrected chi connectivity index (χ1v) is 10.2. The van der Waals surface area contributed by atoms with E-state index in [9.17, 15) is 9.90 Å². The summed E-state index contributed by atoms with van der Waals surface area (Å²) in [5, 5.41) is 15.8. The highest BCUT2D eigenvalue weighted by atomic mass is 16.4. The SMILES string of the molecule is C1CCNCC1.O=C(O)Cc1c(-c2ccc3ccccc3c2)[nH]c2ccccc12. The fourth-order valence-corrected chi connectivity index (χ4v) is 3.93. The third-order valence-electron chi connectivity index (χ3n) is 5.39. The molecule has 0 radical (unpaired) electrons. The summed E-state index contributed by atoms with van der Waals surface area (Å²) in [5.41, 5.74) is 3.70. The van der Waals surface area contributed by atoms with Crippen LogP contribution in [0.25, 0.3) is 32.9 Å². The number of fused-ring (bicyclic) bond motifs is 2. The van der Waals surface area contributed by atoms with Crippen LogP contribution in [0.2, 0.25) is 0 Å². The zero-order valence-electron chi connectivity index (χ0n) is 16.4. The highest BCUT2D eigenvalue weighted by Crippen LogP contribution is 2.32. The first-order chi connectivity index (χ1) is 14.2. The van der Waals surface area contributed by atoms with Crippen molar-refractivity contribution in [3.8, 4) is 11.3 Å². The van der Waals surface area contributed by atoms with E-state index in [1.807, 2.05) is 42.5 Å². The Kier molecular flexibility index (Phi) is 5.92. The minimum atomic E-state index is -0.822. The summed E-state index contributed by atoms with van der Waals surface area (Å²) in [6, 6.07) is 22.2. The van der Waals surface area contributed by atoms with E-state index in [1.165, 1.54) is 37.7 Å². The van der Waals surface area contributed by atoms with Gasteiger partial charge in [0.15, 0.2) is 0 Å². The molecule has 148 valence electrons. The molecule has 0 bridgehead atoms. The summed E-state index contributed by atoms with van der Waals surface area (Å²) in [7, 11) is 0. The van der Waals surface area contributed by atoms with Gasteiger partial charge in [0.2, 0.25) is 0 Å². The molecule has 3 aromatic carbocycles. The molecular formula is C25H26N2O2. The zero-order chi connectivity index (χ0) is 20.1. The van der Waals surface area contributed by atoms with Crippen LogP contribution in [0.15, 0.2) is 66.7 Å². The molecule has 1 fully saturated rings. The monoisotopic (exact) mass is 386 g/mol. The first kappa shape index (κ1) is 19.2. The molecule has 0 unspecified atom stereocenters. The Morgan fingerprint density at radius 2 is 1.59 bits per heavy atom. The molecule has 2 heterocycles. The third kappa shape index (κ3) is 4.49. The molecule has 5 rings (SSSR count). The van der Waals surface area contributed by atoms with Crippen LogP contribution in [0.3, 0.4) is 0 Å². The maximum atomic E-state index is 11.3. The van der Waals surface area contributed by atoms with Crippen molar-refractivity contribution >= 4 is 27.6 Å². The number of carboxylic acid groups (broad SMARTS) is 1. The number of aliphatic carboxylic acids is 1. The van der Waals surface area contributed by atoms with Crippen molar-refractivity contribution in [1.29, 1.82) is 0 Å². The van der Waals surface area contributed by atoms with Crippen LogP contribution in [-0.2, 0) is 11.2 Å². The van der Waals surface area contributed by atoms with Crippen molar-refractivity contribution in [2.75, 3.05) is 13.1 Å². The van der Waals surface area contributed by atoms with Crippen molar-refractivity contribution in [3.63, 3.8) is 0 Å². The summed E-state index contributed by atoms with van der Waals surface area (Å²) in [5.74, 6) is -0.822. The smallest absolute Gasteiger partial charge is 0.307 e. The fraction of sp³-hybridized carbons (Fsp3) is 0.240. The van der Waals surface area contributed by atoms with Gasteiger partial charge in [0, 0.05) is 10.9 Å². The molecule has 1 aromatic heterocycles. The van der Waals surface area contributed by atoms with Crippen LogP contribution in [-0.4, -0.2) is 29.1 Å². The summed E-state index contributed by atoms with van der Waals surface area (Å²) >= 11 is 0. The lowest BCUT2D eigenvalue weighted by atomic mass is 10.00. The Morgan fingerprint density at radius 1 is 0.862 bits per heavy atom. The quantitative estimate of drug-likeness (QED) is 0.443. The lowest BCUT2D eigenvalue weighted by Gasteiger charge is -2.08. The normalized spacial score (nSPS) is 13.8. The van der Waals surface area contributed by atoms with E-state index in [2.05, 4.69) is 34.6 Å². The second kappa shape index (κ2) is 8.93. The molecule has 0 amide bonds. The number of para-hydroxylation sites is 1. The molecule has 0 spiro atoms. The van der Waals surface area contributed by atoms with Crippen molar-refractivity contribution in [2.24, 2.45) is 0 Å². The number of benzene rings is 3. The number of carboxylic acids is 1. The highest BCUT2D eigenvalue weighted by molar-refractivity contribution is 5.96. The number of aromatic amines is 1. The second-order valence-corrected chi connectivity index (χ2v) is 7.47. The summed E-state index contributed by atoms with van der Waals surface area (Å²) < 4.78 is 0. The standard InChI is InChI=1S/C20H15NO2.C5H11N/c22-19(23)12-17-16-7-3-4-8-18(16)21-20(17)15-10-9-13-5-1-2-6-14(13)11-15;1-2-4-6-5-3-1/h1-11,21H,12H2,(H,22,23);6H,1-5H2. The Morgan fingerprint density at radius 3 is 2.28 bits per heavy atom. The van der Waals surface area contributed by atoms with Gasteiger partial charge >= 0.3 is 5.97 Å². The van der Waals surface area contributed by atoms with Gasteiger partial charge in [-0.05, 0) is 60.0 Å². The van der Waals surface area contributed by atoms with Gasteiger partial charge in [0.1, 0.15) is 0 Å². The minimum Gasteiger partial charge on any atom is -0.481 e. The molecule has 1 aliphatic rings. The van der Waals surface area contributed by atoms with E-state index >= 15 is 0 Å². The summed E-state index contributed by atoms with van der Waals surface area (Å²) in [6.45, 7) is 2.50. The van der Waals surface area contributed by atoms with Crippen LogP contribution < -0.4 is 5.32 Å². The van der Waals surface area contributed by atoms with Gasteiger partial charge in [0.05, 0.1) is 12.1 Å². The van der Waals surface area contributed by atoms with Gasteiger partial charge in [-0.15, -0.1) is 0 Å². The van der Waals surface area contributed by atoms with Gasteiger partial charge in [-0.2, -0.15) is 0 Å². The van der Waals surface area contributed by atoms with Crippen LogP contribution >= 0.6 is 0 Å². The molecule has 4 aromatic rings. The van der Waals surface area contributed by atoms with Crippen molar-refractivity contribution in [1.82, 2.24) is 10.3 Å². The second-order valence-electron chi connectivity index (χ2n) is 7.47. The van der Waals surface area contributed by atoms with Crippen molar-refractivity contribution in [2.45, 2.75) is 25.7 Å². The van der Waals surface area contributed by atoms with E-state index in [0.717, 1.165) is 33.1 Å². The molecule has 4 heteroatoms.